The van der Waals surface area contributed by atoms with E-state index >= 15 is 0 Å². The normalized spacial score (nSPS) is 12.1. The van der Waals surface area contributed by atoms with Gasteiger partial charge in [-0.3, -0.25) is 4.79 Å². The molecule has 1 rings (SSSR count). The number of esters is 1. The second-order valence-electron chi connectivity index (χ2n) is 4.15. The van der Waals surface area contributed by atoms with E-state index in [4.69, 9.17) is 10.5 Å². The summed E-state index contributed by atoms with van der Waals surface area (Å²) in [6.07, 6.45) is 3.38. The highest BCUT2D eigenvalue weighted by Crippen LogP contribution is 2.06. The molecule has 1 atom stereocenters. The van der Waals surface area contributed by atoms with Crippen LogP contribution in [0.5, 0.6) is 0 Å². The number of carbonyl (C=O) groups excluding carboxylic acids is 1. The molecule has 0 radical (unpaired) electrons. The highest BCUT2D eigenvalue weighted by molar-refractivity contribution is 5.75. The Morgan fingerprint density at radius 3 is 2.71 bits per heavy atom. The molecule has 1 aromatic carbocycles. The fourth-order valence-corrected chi connectivity index (χ4v) is 1.60. The summed E-state index contributed by atoms with van der Waals surface area (Å²) in [6.45, 7) is 2.43. The monoisotopic (exact) mass is 235 g/mol. The Hall–Kier alpha value is -1.35. The van der Waals surface area contributed by atoms with Crippen LogP contribution in [0.25, 0.3) is 0 Å². The van der Waals surface area contributed by atoms with E-state index in [2.05, 4.69) is 12.1 Å². The van der Waals surface area contributed by atoms with Crippen molar-refractivity contribution < 1.29 is 9.53 Å². The topological polar surface area (TPSA) is 52.3 Å². The fraction of sp³-hybridized carbons (Fsp3) is 0.500. The van der Waals surface area contributed by atoms with Gasteiger partial charge in [-0.2, -0.15) is 0 Å². The van der Waals surface area contributed by atoms with Crippen molar-refractivity contribution in [3.05, 3.63) is 35.9 Å². The van der Waals surface area contributed by atoms with Crippen LogP contribution >= 0.6 is 0 Å². The van der Waals surface area contributed by atoms with Crippen LogP contribution in [0.15, 0.2) is 30.3 Å². The zero-order valence-electron chi connectivity index (χ0n) is 10.4. The molecule has 0 amide bonds. The van der Waals surface area contributed by atoms with Crippen LogP contribution in [0.4, 0.5) is 0 Å². The minimum atomic E-state index is -0.481. The van der Waals surface area contributed by atoms with Crippen LogP contribution in [0.1, 0.15) is 31.7 Å². The average molecular weight is 235 g/mol. The zero-order chi connectivity index (χ0) is 12.5. The molecule has 0 saturated heterocycles. The van der Waals surface area contributed by atoms with E-state index in [1.54, 1.807) is 0 Å². The van der Waals surface area contributed by atoms with E-state index in [0.29, 0.717) is 13.0 Å². The number of aryl methyl sites for hydroxylation is 1. The summed E-state index contributed by atoms with van der Waals surface area (Å²) >= 11 is 0. The van der Waals surface area contributed by atoms with Gasteiger partial charge in [0.25, 0.3) is 0 Å². The van der Waals surface area contributed by atoms with Crippen LogP contribution < -0.4 is 5.73 Å². The van der Waals surface area contributed by atoms with Gasteiger partial charge in [0, 0.05) is 0 Å². The lowest BCUT2D eigenvalue weighted by molar-refractivity contribution is -0.145. The smallest absolute Gasteiger partial charge is 0.322 e. The van der Waals surface area contributed by atoms with E-state index in [0.717, 1.165) is 19.3 Å². The molecular weight excluding hydrogens is 214 g/mol. The molecule has 0 heterocycles. The third-order valence-electron chi connectivity index (χ3n) is 2.57. The van der Waals surface area contributed by atoms with E-state index in [1.807, 2.05) is 25.1 Å². The number of rotatable bonds is 7. The summed E-state index contributed by atoms with van der Waals surface area (Å²) < 4.78 is 4.99. The molecule has 94 valence electrons. The molecule has 0 spiro atoms. The second kappa shape index (κ2) is 7.85. The van der Waals surface area contributed by atoms with Gasteiger partial charge in [-0.25, -0.2) is 0 Å². The molecule has 17 heavy (non-hydrogen) atoms. The first-order valence-electron chi connectivity index (χ1n) is 6.20. The quantitative estimate of drug-likeness (QED) is 0.738. The predicted octanol–water partition coefficient (Wildman–Crippen LogP) is 2.29. The van der Waals surface area contributed by atoms with Gasteiger partial charge in [-0.1, -0.05) is 37.3 Å². The Morgan fingerprint density at radius 1 is 1.35 bits per heavy atom. The lowest BCUT2D eigenvalue weighted by atomic mass is 10.1. The largest absolute Gasteiger partial charge is 0.465 e. The summed E-state index contributed by atoms with van der Waals surface area (Å²) in [5.74, 6) is -0.278. The van der Waals surface area contributed by atoms with Crippen molar-refractivity contribution in [3.63, 3.8) is 0 Å². The molecule has 0 aliphatic rings. The van der Waals surface area contributed by atoms with Gasteiger partial charge >= 0.3 is 5.97 Å². The van der Waals surface area contributed by atoms with Crippen LogP contribution in [-0.2, 0) is 16.0 Å². The maximum atomic E-state index is 11.4. The third-order valence-corrected chi connectivity index (χ3v) is 2.57. The summed E-state index contributed by atoms with van der Waals surface area (Å²) in [7, 11) is 0. The molecule has 0 fully saturated rings. The molecule has 0 saturated carbocycles. The van der Waals surface area contributed by atoms with Crippen LogP contribution in [0.3, 0.4) is 0 Å². The van der Waals surface area contributed by atoms with Crippen LogP contribution in [-0.4, -0.2) is 18.6 Å². The molecule has 0 bridgehead atoms. The number of carbonyl (C=O) groups is 1. The molecular formula is C14H21NO2. The van der Waals surface area contributed by atoms with Crippen LogP contribution in [0.2, 0.25) is 0 Å². The number of nitrogens with two attached hydrogens (primary N) is 1. The lowest BCUT2D eigenvalue weighted by Crippen LogP contribution is -2.32. The minimum absolute atomic E-state index is 0.278. The average Bonchev–Trinajstić information content (AvgIpc) is 2.37. The molecule has 1 aromatic rings. The predicted molar refractivity (Wildman–Crippen MR) is 68.6 cm³/mol. The van der Waals surface area contributed by atoms with Crippen LogP contribution in [0, 0.1) is 0 Å². The lowest BCUT2D eigenvalue weighted by Gasteiger charge is -2.10. The van der Waals surface area contributed by atoms with E-state index < -0.39 is 6.04 Å². The first-order valence-corrected chi connectivity index (χ1v) is 6.20. The molecule has 0 aliphatic carbocycles. The van der Waals surface area contributed by atoms with Crippen molar-refractivity contribution in [1.82, 2.24) is 0 Å². The van der Waals surface area contributed by atoms with Crippen molar-refractivity contribution in [3.8, 4) is 0 Å². The van der Waals surface area contributed by atoms with E-state index in [9.17, 15) is 4.79 Å². The number of benzene rings is 1. The number of hydrogen-bond acceptors (Lipinski definition) is 3. The van der Waals surface area contributed by atoms with Gasteiger partial charge in [0.2, 0.25) is 0 Å². The maximum absolute atomic E-state index is 11.4. The van der Waals surface area contributed by atoms with E-state index in [1.165, 1.54) is 5.56 Å². The Kier molecular flexibility index (Phi) is 6.33. The fourth-order valence-electron chi connectivity index (χ4n) is 1.60. The van der Waals surface area contributed by atoms with Gasteiger partial charge < -0.3 is 10.5 Å². The number of ether oxygens (including phenoxy) is 1. The third kappa shape index (κ3) is 5.50. The Bertz CT molecular complexity index is 324. The first-order chi connectivity index (χ1) is 8.24. The maximum Gasteiger partial charge on any atom is 0.322 e. The molecule has 1 unspecified atom stereocenters. The Morgan fingerprint density at radius 2 is 2.06 bits per heavy atom. The van der Waals surface area contributed by atoms with Gasteiger partial charge in [-0.05, 0) is 31.2 Å². The van der Waals surface area contributed by atoms with Gasteiger partial charge in [0.15, 0.2) is 0 Å². The molecule has 3 heteroatoms. The molecule has 0 aromatic heterocycles. The van der Waals surface area contributed by atoms with E-state index in [-0.39, 0.29) is 5.97 Å². The highest BCUT2D eigenvalue weighted by atomic mass is 16.5. The van der Waals surface area contributed by atoms with Crippen molar-refractivity contribution >= 4 is 5.97 Å². The van der Waals surface area contributed by atoms with Crippen molar-refractivity contribution in [2.75, 3.05) is 6.61 Å². The number of hydrogen-bond donors (Lipinski definition) is 1. The van der Waals surface area contributed by atoms with Crippen molar-refractivity contribution in [2.45, 2.75) is 38.6 Å². The highest BCUT2D eigenvalue weighted by Gasteiger charge is 2.13. The van der Waals surface area contributed by atoms with Gasteiger partial charge in [0.05, 0.1) is 6.61 Å². The molecule has 3 nitrogen and oxygen atoms in total. The standard InChI is InChI=1S/C14H21NO2/c1-2-11-17-14(16)13(15)10-6-9-12-7-4-3-5-8-12/h3-5,7-8,13H,2,6,9-11,15H2,1H3. The zero-order valence-corrected chi connectivity index (χ0v) is 10.4. The van der Waals surface area contributed by atoms with Gasteiger partial charge in [-0.15, -0.1) is 0 Å². The second-order valence-corrected chi connectivity index (χ2v) is 4.15. The summed E-state index contributed by atoms with van der Waals surface area (Å²) in [5, 5.41) is 0. The molecule has 0 aliphatic heterocycles. The summed E-state index contributed by atoms with van der Waals surface area (Å²) in [4.78, 5) is 11.4. The SMILES string of the molecule is CCCOC(=O)C(N)CCCc1ccccc1. The van der Waals surface area contributed by atoms with Crippen molar-refractivity contribution in [1.29, 1.82) is 0 Å². The Balaban J connectivity index is 2.20. The van der Waals surface area contributed by atoms with Crippen molar-refractivity contribution in [2.24, 2.45) is 5.73 Å². The summed E-state index contributed by atoms with van der Waals surface area (Å²) in [6, 6.07) is 9.72. The minimum Gasteiger partial charge on any atom is -0.465 e. The van der Waals surface area contributed by atoms with Gasteiger partial charge in [0.1, 0.15) is 6.04 Å². The summed E-state index contributed by atoms with van der Waals surface area (Å²) in [5.41, 5.74) is 7.03. The Labute approximate surface area is 103 Å². The molecule has 2 N–H and O–H groups in total. The first kappa shape index (κ1) is 13.7.